The molecule has 0 aliphatic heterocycles. The van der Waals surface area contributed by atoms with Gasteiger partial charge in [0.15, 0.2) is 0 Å². The number of benzene rings is 2. The summed E-state index contributed by atoms with van der Waals surface area (Å²) in [5.74, 6) is -0.179. The van der Waals surface area contributed by atoms with E-state index in [-0.39, 0.29) is 11.3 Å². The van der Waals surface area contributed by atoms with Crippen LogP contribution >= 0.6 is 23.2 Å². The van der Waals surface area contributed by atoms with Crippen molar-refractivity contribution in [3.63, 3.8) is 0 Å². The molecule has 2 aromatic carbocycles. The van der Waals surface area contributed by atoms with E-state index < -0.39 is 0 Å². The number of anilines is 1. The molecule has 98 valence electrons. The Morgan fingerprint density at radius 2 is 1.74 bits per heavy atom. The fraction of sp³-hybridized carbons (Fsp3) is 0.133. The molecular weight excluding hydrogens is 281 g/mol. The third-order valence-corrected chi connectivity index (χ3v) is 3.23. The zero-order chi connectivity index (χ0) is 13.8. The lowest BCUT2D eigenvalue weighted by Crippen LogP contribution is -2.13. The average molecular weight is 294 g/mol. The predicted octanol–water partition coefficient (Wildman–Crippen LogP) is 4.89. The average Bonchev–Trinajstić information content (AvgIpc) is 2.39. The number of carbonyl (C=O) groups excluding carboxylic acids is 1. The van der Waals surface area contributed by atoms with Crippen LogP contribution in [0.5, 0.6) is 0 Å². The predicted molar refractivity (Wildman–Crippen MR) is 80.1 cm³/mol. The van der Waals surface area contributed by atoms with E-state index in [0.29, 0.717) is 10.6 Å². The molecular formula is C15H13Cl2NO. The van der Waals surface area contributed by atoms with Crippen molar-refractivity contribution in [1.29, 1.82) is 0 Å². The second-order valence-corrected chi connectivity index (χ2v) is 5.26. The summed E-state index contributed by atoms with van der Waals surface area (Å²) >= 11 is 11.9. The molecule has 1 atom stereocenters. The summed E-state index contributed by atoms with van der Waals surface area (Å²) in [6, 6.07) is 14.2. The van der Waals surface area contributed by atoms with Gasteiger partial charge in [0.25, 0.3) is 5.91 Å². The van der Waals surface area contributed by atoms with Gasteiger partial charge >= 0.3 is 0 Å². The van der Waals surface area contributed by atoms with Crippen LogP contribution in [-0.4, -0.2) is 5.91 Å². The summed E-state index contributed by atoms with van der Waals surface area (Å²) in [6.07, 6.45) is 0. The van der Waals surface area contributed by atoms with Crippen LogP contribution in [0.3, 0.4) is 0 Å². The van der Waals surface area contributed by atoms with E-state index in [1.807, 2.05) is 31.2 Å². The van der Waals surface area contributed by atoms with Gasteiger partial charge in [0.05, 0.1) is 5.38 Å². The van der Waals surface area contributed by atoms with E-state index in [0.717, 1.165) is 11.3 Å². The van der Waals surface area contributed by atoms with Gasteiger partial charge in [-0.15, -0.1) is 11.6 Å². The standard InChI is InChI=1S/C15H13Cl2NO/c1-10(16)13-4-2-3-5-14(13)18-15(19)11-6-8-12(17)9-7-11/h2-10H,1H3,(H,18,19). The maximum absolute atomic E-state index is 12.1. The third-order valence-electron chi connectivity index (χ3n) is 2.74. The summed E-state index contributed by atoms with van der Waals surface area (Å²) in [5, 5.41) is 3.30. The maximum Gasteiger partial charge on any atom is 0.255 e. The minimum absolute atomic E-state index is 0.165. The van der Waals surface area contributed by atoms with E-state index in [4.69, 9.17) is 23.2 Å². The minimum atomic E-state index is -0.179. The van der Waals surface area contributed by atoms with Crippen molar-refractivity contribution in [2.24, 2.45) is 0 Å². The molecule has 2 nitrogen and oxygen atoms in total. The highest BCUT2D eigenvalue weighted by atomic mass is 35.5. The SMILES string of the molecule is CC(Cl)c1ccccc1NC(=O)c1ccc(Cl)cc1. The van der Waals surface area contributed by atoms with E-state index in [2.05, 4.69) is 5.32 Å². The number of nitrogens with one attached hydrogen (secondary N) is 1. The molecule has 4 heteroatoms. The first kappa shape index (κ1) is 13.9. The van der Waals surface area contributed by atoms with Crippen LogP contribution in [0, 0.1) is 0 Å². The highest BCUT2D eigenvalue weighted by Gasteiger charge is 2.11. The van der Waals surface area contributed by atoms with Gasteiger partial charge in [-0.3, -0.25) is 4.79 Å². The van der Waals surface area contributed by atoms with Crippen LogP contribution in [-0.2, 0) is 0 Å². The van der Waals surface area contributed by atoms with E-state index in [9.17, 15) is 4.79 Å². The summed E-state index contributed by atoms with van der Waals surface area (Å²) in [7, 11) is 0. The molecule has 1 unspecified atom stereocenters. The molecule has 2 aromatic rings. The molecule has 0 saturated carbocycles. The fourth-order valence-electron chi connectivity index (χ4n) is 1.75. The van der Waals surface area contributed by atoms with Gasteiger partial charge in [0.2, 0.25) is 0 Å². The quantitative estimate of drug-likeness (QED) is 0.802. The van der Waals surface area contributed by atoms with Gasteiger partial charge in [-0.1, -0.05) is 29.8 Å². The Morgan fingerprint density at radius 3 is 2.37 bits per heavy atom. The number of hydrogen-bond acceptors (Lipinski definition) is 1. The first-order chi connectivity index (χ1) is 9.08. The smallest absolute Gasteiger partial charge is 0.255 e. The second kappa shape index (κ2) is 6.09. The van der Waals surface area contributed by atoms with Gasteiger partial charge in [-0.2, -0.15) is 0 Å². The Labute approximate surface area is 122 Å². The van der Waals surface area contributed by atoms with Crippen LogP contribution in [0.1, 0.15) is 28.2 Å². The Bertz CT molecular complexity index is 579. The van der Waals surface area contributed by atoms with Gasteiger partial charge in [-0.05, 0) is 42.8 Å². The molecule has 0 spiro atoms. The van der Waals surface area contributed by atoms with Crippen LogP contribution in [0.25, 0.3) is 0 Å². The van der Waals surface area contributed by atoms with Gasteiger partial charge < -0.3 is 5.32 Å². The molecule has 0 aliphatic carbocycles. The van der Waals surface area contributed by atoms with Crippen molar-refractivity contribution in [2.45, 2.75) is 12.3 Å². The number of para-hydroxylation sites is 1. The Morgan fingerprint density at radius 1 is 1.11 bits per heavy atom. The lowest BCUT2D eigenvalue weighted by Gasteiger charge is -2.12. The molecule has 2 rings (SSSR count). The van der Waals surface area contributed by atoms with Crippen LogP contribution in [0.2, 0.25) is 5.02 Å². The van der Waals surface area contributed by atoms with Crippen molar-refractivity contribution in [3.05, 3.63) is 64.7 Å². The summed E-state index contributed by atoms with van der Waals surface area (Å²) < 4.78 is 0. The van der Waals surface area contributed by atoms with Gasteiger partial charge in [0.1, 0.15) is 0 Å². The van der Waals surface area contributed by atoms with E-state index in [1.54, 1.807) is 24.3 Å². The molecule has 0 radical (unpaired) electrons. The number of hydrogen-bond donors (Lipinski definition) is 1. The number of rotatable bonds is 3. The molecule has 0 aliphatic rings. The first-order valence-corrected chi connectivity index (χ1v) is 6.69. The highest BCUT2D eigenvalue weighted by molar-refractivity contribution is 6.30. The Hall–Kier alpha value is -1.51. The third kappa shape index (κ3) is 3.49. The topological polar surface area (TPSA) is 29.1 Å². The molecule has 19 heavy (non-hydrogen) atoms. The zero-order valence-electron chi connectivity index (χ0n) is 10.4. The van der Waals surface area contributed by atoms with Gasteiger partial charge in [0, 0.05) is 16.3 Å². The zero-order valence-corrected chi connectivity index (χ0v) is 11.9. The minimum Gasteiger partial charge on any atom is -0.322 e. The second-order valence-electron chi connectivity index (χ2n) is 4.16. The van der Waals surface area contributed by atoms with Crippen molar-refractivity contribution < 1.29 is 4.79 Å². The van der Waals surface area contributed by atoms with E-state index >= 15 is 0 Å². The molecule has 0 saturated heterocycles. The normalized spacial score (nSPS) is 11.9. The fourth-order valence-corrected chi connectivity index (χ4v) is 2.07. The van der Waals surface area contributed by atoms with Crippen molar-refractivity contribution in [2.75, 3.05) is 5.32 Å². The van der Waals surface area contributed by atoms with Crippen LogP contribution in [0.15, 0.2) is 48.5 Å². The van der Waals surface area contributed by atoms with Crippen molar-refractivity contribution in [1.82, 2.24) is 0 Å². The van der Waals surface area contributed by atoms with Crippen LogP contribution in [0.4, 0.5) is 5.69 Å². The lowest BCUT2D eigenvalue weighted by molar-refractivity contribution is 0.102. The van der Waals surface area contributed by atoms with Crippen molar-refractivity contribution in [3.8, 4) is 0 Å². The van der Waals surface area contributed by atoms with Gasteiger partial charge in [-0.25, -0.2) is 0 Å². The Kier molecular flexibility index (Phi) is 4.46. The molecule has 0 fully saturated rings. The number of alkyl halides is 1. The largest absolute Gasteiger partial charge is 0.322 e. The molecule has 1 N–H and O–H groups in total. The van der Waals surface area contributed by atoms with E-state index in [1.165, 1.54) is 0 Å². The van der Waals surface area contributed by atoms with Crippen LogP contribution < -0.4 is 5.32 Å². The number of carbonyl (C=O) groups is 1. The maximum atomic E-state index is 12.1. The summed E-state index contributed by atoms with van der Waals surface area (Å²) in [5.41, 5.74) is 2.18. The number of halogens is 2. The molecule has 0 heterocycles. The summed E-state index contributed by atoms with van der Waals surface area (Å²) in [6.45, 7) is 1.87. The van der Waals surface area contributed by atoms with Crippen molar-refractivity contribution >= 4 is 34.8 Å². The molecule has 0 bridgehead atoms. The Balaban J connectivity index is 2.22. The highest BCUT2D eigenvalue weighted by Crippen LogP contribution is 2.27. The summed E-state index contributed by atoms with van der Waals surface area (Å²) in [4.78, 5) is 12.1. The number of amides is 1. The monoisotopic (exact) mass is 293 g/mol. The molecule has 0 aromatic heterocycles. The molecule has 1 amide bonds. The lowest BCUT2D eigenvalue weighted by atomic mass is 10.1. The first-order valence-electron chi connectivity index (χ1n) is 5.88.